The minimum absolute atomic E-state index is 0.0631. The van der Waals surface area contributed by atoms with Crippen molar-refractivity contribution in [3.05, 3.63) is 12.2 Å². The Labute approximate surface area is 317 Å². The first-order valence-electron chi connectivity index (χ1n) is 21.0. The molecule has 4 aliphatic rings. The molecule has 2 amide bonds. The highest BCUT2D eigenvalue weighted by Crippen LogP contribution is 2.71. The number of fused-ring (bicyclic) bond motifs is 5. The highest BCUT2D eigenvalue weighted by molar-refractivity contribution is 5.85. The number of ether oxygens (including phenoxy) is 1. The molecule has 8 nitrogen and oxygen atoms in total. The van der Waals surface area contributed by atoms with E-state index < -0.39 is 23.7 Å². The Morgan fingerprint density at radius 1 is 0.923 bits per heavy atom. The molecule has 4 fully saturated rings. The summed E-state index contributed by atoms with van der Waals surface area (Å²) in [5.74, 6) is 2.05. The van der Waals surface area contributed by atoms with Gasteiger partial charge in [0.05, 0.1) is 0 Å². The Morgan fingerprint density at radius 3 is 2.12 bits per heavy atom. The third kappa shape index (κ3) is 9.83. The van der Waals surface area contributed by atoms with Crippen LogP contribution in [0.3, 0.4) is 0 Å². The van der Waals surface area contributed by atoms with Crippen molar-refractivity contribution in [1.82, 2.24) is 10.6 Å². The lowest BCUT2D eigenvalue weighted by Gasteiger charge is -2.68. The Bertz CT molecular complexity index is 1240. The van der Waals surface area contributed by atoms with Crippen LogP contribution in [0.2, 0.25) is 0 Å². The molecule has 0 radical (unpaired) electrons. The zero-order valence-corrected chi connectivity index (χ0v) is 35.5. The Kier molecular flexibility index (Phi) is 16.5. The van der Waals surface area contributed by atoms with Crippen LogP contribution in [0.5, 0.6) is 0 Å². The second-order valence-electron chi connectivity index (χ2n) is 18.1. The van der Waals surface area contributed by atoms with Gasteiger partial charge in [-0.05, 0) is 145 Å². The van der Waals surface area contributed by atoms with E-state index in [1.54, 1.807) is 20.8 Å². The van der Waals surface area contributed by atoms with E-state index in [4.69, 9.17) is 4.74 Å². The standard InChI is InChI=1S/C40H66N2O6.2C2H6/c1-11-25(24(2)3)33-26-16-18-31-39(9,21-19-30-38(7,8)32(43)20-22-40(30,31)10)28(26)17-15-27(33)34(44)41-23-13-12-14-29(35(45)46)42-36(47)48-37(4,5)6;2*1-2/h25-31,33H,2,11-23H2,1,3-10H3,(H,41,44)(H,42,47)(H,45,46);2*1-2H3. The molecule has 0 aliphatic heterocycles. The van der Waals surface area contributed by atoms with Crippen molar-refractivity contribution in [2.24, 2.45) is 57.7 Å². The van der Waals surface area contributed by atoms with Crippen LogP contribution >= 0.6 is 0 Å². The quantitative estimate of drug-likeness (QED) is 0.144. The SMILES string of the molecule is C=C(C)C(CC)C1C(C(=O)NCCCCC(NC(=O)OC(C)(C)C)C(=O)O)CCC2C1CCC1C2(C)CCC2C(C)(C)C(=O)CCC21C.CC.CC. The van der Waals surface area contributed by atoms with Crippen molar-refractivity contribution in [1.29, 1.82) is 0 Å². The predicted octanol–water partition coefficient (Wildman–Crippen LogP) is 10.4. The first kappa shape index (κ1) is 45.8. The van der Waals surface area contributed by atoms with E-state index in [-0.39, 0.29) is 40.4 Å². The second-order valence-corrected chi connectivity index (χ2v) is 18.1. The number of carbonyl (C=O) groups excluding carboxylic acids is 3. The van der Waals surface area contributed by atoms with E-state index >= 15 is 0 Å². The van der Waals surface area contributed by atoms with Crippen molar-refractivity contribution in [2.45, 2.75) is 179 Å². The second kappa shape index (κ2) is 18.8. The third-order valence-electron chi connectivity index (χ3n) is 13.8. The fourth-order valence-corrected chi connectivity index (χ4v) is 11.8. The van der Waals surface area contributed by atoms with Crippen LogP contribution in [0, 0.1) is 57.7 Å². The Morgan fingerprint density at radius 2 is 1.56 bits per heavy atom. The zero-order chi connectivity index (χ0) is 39.8. The fraction of sp³-hybridized carbons (Fsp3) is 0.864. The smallest absolute Gasteiger partial charge is 0.408 e. The van der Waals surface area contributed by atoms with Crippen LogP contribution in [0.15, 0.2) is 12.2 Å². The van der Waals surface area contributed by atoms with Gasteiger partial charge in [-0.3, -0.25) is 9.59 Å². The molecule has 0 heterocycles. The number of carboxylic acids is 1. The largest absolute Gasteiger partial charge is 0.480 e. The topological polar surface area (TPSA) is 122 Å². The molecule has 0 spiro atoms. The molecule has 52 heavy (non-hydrogen) atoms. The highest BCUT2D eigenvalue weighted by Gasteiger charge is 2.65. The maximum absolute atomic E-state index is 14.0. The van der Waals surface area contributed by atoms with Crippen LogP contribution in [0.4, 0.5) is 4.79 Å². The van der Waals surface area contributed by atoms with Crippen molar-refractivity contribution >= 4 is 23.8 Å². The summed E-state index contributed by atoms with van der Waals surface area (Å²) >= 11 is 0. The first-order chi connectivity index (χ1) is 24.3. The van der Waals surface area contributed by atoms with Gasteiger partial charge in [0, 0.05) is 24.3 Å². The van der Waals surface area contributed by atoms with Crippen molar-refractivity contribution in [2.75, 3.05) is 6.54 Å². The van der Waals surface area contributed by atoms with E-state index in [0.717, 1.165) is 38.5 Å². The molecule has 0 bridgehead atoms. The number of carbonyl (C=O) groups is 4. The van der Waals surface area contributed by atoms with Gasteiger partial charge >= 0.3 is 12.1 Å². The number of carboxylic acid groups (broad SMARTS) is 1. The maximum atomic E-state index is 14.0. The molecular weight excluding hydrogens is 652 g/mol. The molecule has 8 heteroatoms. The number of hydrogen-bond donors (Lipinski definition) is 3. The van der Waals surface area contributed by atoms with Crippen LogP contribution < -0.4 is 10.6 Å². The summed E-state index contributed by atoms with van der Waals surface area (Å²) < 4.78 is 5.22. The number of rotatable bonds is 11. The van der Waals surface area contributed by atoms with Crippen LogP contribution in [0.25, 0.3) is 0 Å². The van der Waals surface area contributed by atoms with Gasteiger partial charge < -0.3 is 20.5 Å². The molecule has 0 aromatic rings. The van der Waals surface area contributed by atoms with E-state index in [1.165, 1.54) is 18.4 Å². The summed E-state index contributed by atoms with van der Waals surface area (Å²) in [6.45, 7) is 32.0. The number of unbranched alkanes of at least 4 members (excludes halogenated alkanes) is 1. The molecule has 300 valence electrons. The monoisotopic (exact) mass is 731 g/mol. The molecule has 0 aromatic carbocycles. The molecule has 0 aromatic heterocycles. The number of Topliss-reactive ketones (excluding diaryl/α,β-unsaturated/α-hetero) is 1. The van der Waals surface area contributed by atoms with Crippen molar-refractivity contribution in [3.63, 3.8) is 0 Å². The lowest BCUT2D eigenvalue weighted by molar-refractivity contribution is -0.195. The van der Waals surface area contributed by atoms with Crippen molar-refractivity contribution in [3.8, 4) is 0 Å². The molecule has 10 atom stereocenters. The summed E-state index contributed by atoms with van der Waals surface area (Å²) in [4.78, 5) is 50.9. The van der Waals surface area contributed by atoms with E-state index in [0.29, 0.717) is 61.2 Å². The van der Waals surface area contributed by atoms with Gasteiger partial charge in [0.25, 0.3) is 0 Å². The van der Waals surface area contributed by atoms with E-state index in [9.17, 15) is 24.3 Å². The number of amides is 2. The first-order valence-corrected chi connectivity index (χ1v) is 21.0. The number of allylic oxidation sites excluding steroid dienone is 1. The minimum Gasteiger partial charge on any atom is -0.480 e. The molecule has 10 unspecified atom stereocenters. The summed E-state index contributed by atoms with van der Waals surface area (Å²) in [6, 6.07) is -1.04. The Hall–Kier alpha value is -2.38. The van der Waals surface area contributed by atoms with E-state index in [1.807, 2.05) is 27.7 Å². The third-order valence-corrected chi connectivity index (χ3v) is 13.8. The summed E-state index contributed by atoms with van der Waals surface area (Å²) in [7, 11) is 0. The molecule has 3 N–H and O–H groups in total. The number of hydrogen-bond acceptors (Lipinski definition) is 5. The maximum Gasteiger partial charge on any atom is 0.408 e. The number of alkyl carbamates (subject to hydrolysis) is 1. The average molecular weight is 731 g/mol. The minimum atomic E-state index is -1.10. The summed E-state index contributed by atoms with van der Waals surface area (Å²) in [6.07, 6.45) is 9.96. The fourth-order valence-electron chi connectivity index (χ4n) is 11.8. The normalized spacial score (nSPS) is 33.1. The van der Waals surface area contributed by atoms with Gasteiger partial charge in [-0.1, -0.05) is 74.5 Å². The molecule has 4 rings (SSSR count). The van der Waals surface area contributed by atoms with Crippen LogP contribution in [0.1, 0.15) is 167 Å². The Balaban J connectivity index is 0.00000226. The number of nitrogens with one attached hydrogen (secondary N) is 2. The van der Waals surface area contributed by atoms with Gasteiger partial charge in [0.15, 0.2) is 0 Å². The van der Waals surface area contributed by atoms with Gasteiger partial charge in [-0.15, -0.1) is 0 Å². The predicted molar refractivity (Wildman–Crippen MR) is 212 cm³/mol. The zero-order valence-electron chi connectivity index (χ0n) is 35.5. The summed E-state index contributed by atoms with van der Waals surface area (Å²) in [5.41, 5.74) is 0.609. The van der Waals surface area contributed by atoms with Crippen LogP contribution in [-0.2, 0) is 19.1 Å². The van der Waals surface area contributed by atoms with Gasteiger partial charge in [-0.2, -0.15) is 0 Å². The van der Waals surface area contributed by atoms with Gasteiger partial charge in [0.1, 0.15) is 17.4 Å². The average Bonchev–Trinajstić information content (AvgIpc) is 3.06. The van der Waals surface area contributed by atoms with Gasteiger partial charge in [-0.25, -0.2) is 9.59 Å². The molecule has 0 saturated heterocycles. The number of ketones is 1. The summed E-state index contributed by atoms with van der Waals surface area (Å²) in [5, 5.41) is 15.3. The molecule has 4 aliphatic carbocycles. The van der Waals surface area contributed by atoms with Crippen LogP contribution in [-0.4, -0.2) is 47.0 Å². The van der Waals surface area contributed by atoms with E-state index in [2.05, 4.69) is 58.8 Å². The number of aliphatic carboxylic acids is 1. The molecule has 4 saturated carbocycles. The molecular formula is C44H78N2O6. The van der Waals surface area contributed by atoms with Gasteiger partial charge in [0.2, 0.25) is 5.91 Å². The van der Waals surface area contributed by atoms with Crippen molar-refractivity contribution < 1.29 is 29.0 Å². The highest BCUT2D eigenvalue weighted by atomic mass is 16.6. The lowest BCUT2D eigenvalue weighted by atomic mass is 9.36. The lowest BCUT2D eigenvalue weighted by Crippen LogP contribution is -2.62.